The second-order valence-electron chi connectivity index (χ2n) is 4.85. The number of fused-ring (bicyclic) bond motifs is 1. The van der Waals surface area contributed by atoms with Crippen molar-refractivity contribution >= 4 is 22.2 Å². The maximum atomic E-state index is 10.5. The summed E-state index contributed by atoms with van der Waals surface area (Å²) in [5, 5.41) is 18.2. The summed E-state index contributed by atoms with van der Waals surface area (Å²) in [6.45, 7) is 2.89. The van der Waals surface area contributed by atoms with E-state index in [4.69, 9.17) is 4.74 Å². The molecule has 0 fully saturated rings. The Morgan fingerprint density at radius 3 is 2.90 bits per heavy atom. The SMILES string of the molecule is CCn1nc(CC(O)c2sccc2OC)c2ccccc21. The summed E-state index contributed by atoms with van der Waals surface area (Å²) in [4.78, 5) is 0.854. The zero-order valence-corrected chi connectivity index (χ0v) is 12.9. The molecule has 0 amide bonds. The molecule has 0 saturated carbocycles. The number of thiophene rings is 1. The van der Waals surface area contributed by atoms with Gasteiger partial charge in [-0.2, -0.15) is 5.10 Å². The van der Waals surface area contributed by atoms with E-state index in [0.29, 0.717) is 6.42 Å². The standard InChI is InChI=1S/C16H18N2O2S/c1-3-18-13-7-5-4-6-11(13)12(17-18)10-14(19)16-15(20-2)8-9-21-16/h4-9,14,19H,3,10H2,1-2H3. The maximum absolute atomic E-state index is 10.5. The monoisotopic (exact) mass is 302 g/mol. The van der Waals surface area contributed by atoms with Gasteiger partial charge in [-0.3, -0.25) is 4.68 Å². The van der Waals surface area contributed by atoms with Gasteiger partial charge in [-0.05, 0) is 24.4 Å². The van der Waals surface area contributed by atoms with E-state index < -0.39 is 6.10 Å². The van der Waals surface area contributed by atoms with Crippen molar-refractivity contribution in [2.75, 3.05) is 7.11 Å². The highest BCUT2D eigenvalue weighted by Crippen LogP contribution is 2.33. The minimum absolute atomic E-state index is 0.490. The van der Waals surface area contributed by atoms with Gasteiger partial charge in [0.15, 0.2) is 0 Å². The minimum atomic E-state index is -0.594. The number of ether oxygens (including phenoxy) is 1. The average Bonchev–Trinajstić information content (AvgIpc) is 3.12. The van der Waals surface area contributed by atoms with Crippen LogP contribution in [0.4, 0.5) is 0 Å². The van der Waals surface area contributed by atoms with Crippen LogP contribution >= 0.6 is 11.3 Å². The van der Waals surface area contributed by atoms with E-state index >= 15 is 0 Å². The van der Waals surface area contributed by atoms with Crippen molar-refractivity contribution in [3.05, 3.63) is 46.3 Å². The summed E-state index contributed by atoms with van der Waals surface area (Å²) in [7, 11) is 1.62. The fourth-order valence-corrected chi connectivity index (χ4v) is 3.43. The number of para-hydroxylation sites is 1. The van der Waals surface area contributed by atoms with E-state index in [1.807, 2.05) is 28.3 Å². The second-order valence-corrected chi connectivity index (χ2v) is 5.80. The third-order valence-corrected chi connectivity index (χ3v) is 4.60. The molecule has 0 spiro atoms. The van der Waals surface area contributed by atoms with Crippen LogP contribution in [0.15, 0.2) is 35.7 Å². The van der Waals surface area contributed by atoms with Gasteiger partial charge in [0.2, 0.25) is 0 Å². The quantitative estimate of drug-likeness (QED) is 0.785. The van der Waals surface area contributed by atoms with Gasteiger partial charge in [0, 0.05) is 18.4 Å². The zero-order chi connectivity index (χ0) is 14.8. The number of aliphatic hydroxyl groups excluding tert-OH is 1. The molecule has 0 aliphatic carbocycles. The number of aryl methyl sites for hydroxylation is 1. The summed E-state index contributed by atoms with van der Waals surface area (Å²) in [6.07, 6.45) is -0.103. The fraction of sp³-hybridized carbons (Fsp3) is 0.312. The van der Waals surface area contributed by atoms with Gasteiger partial charge in [-0.25, -0.2) is 0 Å². The highest BCUT2D eigenvalue weighted by Gasteiger charge is 2.19. The van der Waals surface area contributed by atoms with Crippen LogP contribution in [0.1, 0.15) is 23.6 Å². The predicted octanol–water partition coefficient (Wildman–Crippen LogP) is 3.40. The largest absolute Gasteiger partial charge is 0.495 e. The van der Waals surface area contributed by atoms with Gasteiger partial charge in [0.1, 0.15) is 5.75 Å². The van der Waals surface area contributed by atoms with E-state index in [2.05, 4.69) is 24.2 Å². The van der Waals surface area contributed by atoms with Crippen LogP contribution in [0.2, 0.25) is 0 Å². The molecule has 3 rings (SSSR count). The summed E-state index contributed by atoms with van der Waals surface area (Å²) >= 11 is 1.51. The van der Waals surface area contributed by atoms with E-state index in [-0.39, 0.29) is 0 Å². The molecule has 4 nitrogen and oxygen atoms in total. The number of aliphatic hydroxyl groups is 1. The summed E-state index contributed by atoms with van der Waals surface area (Å²) < 4.78 is 7.26. The van der Waals surface area contributed by atoms with Gasteiger partial charge < -0.3 is 9.84 Å². The molecule has 0 saturated heterocycles. The molecular formula is C16H18N2O2S. The number of hydrogen-bond donors (Lipinski definition) is 1. The molecule has 0 radical (unpaired) electrons. The number of rotatable bonds is 5. The normalized spacial score (nSPS) is 12.7. The summed E-state index contributed by atoms with van der Waals surface area (Å²) in [5.74, 6) is 0.742. The lowest BCUT2D eigenvalue weighted by atomic mass is 10.1. The van der Waals surface area contributed by atoms with Crippen molar-refractivity contribution < 1.29 is 9.84 Å². The zero-order valence-electron chi connectivity index (χ0n) is 12.1. The molecule has 2 aromatic heterocycles. The predicted molar refractivity (Wildman–Crippen MR) is 84.9 cm³/mol. The molecule has 21 heavy (non-hydrogen) atoms. The van der Waals surface area contributed by atoms with Crippen LogP contribution in [-0.4, -0.2) is 22.0 Å². The number of methoxy groups -OCH3 is 1. The van der Waals surface area contributed by atoms with Crippen molar-refractivity contribution in [1.82, 2.24) is 9.78 Å². The Morgan fingerprint density at radius 2 is 2.14 bits per heavy atom. The Kier molecular flexibility index (Phi) is 3.94. The molecule has 1 atom stereocenters. The van der Waals surface area contributed by atoms with Crippen LogP contribution in [0.25, 0.3) is 10.9 Å². The van der Waals surface area contributed by atoms with Crippen LogP contribution in [0.5, 0.6) is 5.75 Å². The van der Waals surface area contributed by atoms with Crippen molar-refractivity contribution in [2.45, 2.75) is 26.0 Å². The molecule has 0 aliphatic heterocycles. The molecule has 0 bridgehead atoms. The Labute approximate surface area is 127 Å². The number of aromatic nitrogens is 2. The number of hydrogen-bond acceptors (Lipinski definition) is 4. The highest BCUT2D eigenvalue weighted by atomic mass is 32.1. The average molecular weight is 302 g/mol. The Bertz CT molecular complexity index is 748. The van der Waals surface area contributed by atoms with E-state index in [0.717, 1.165) is 33.8 Å². The van der Waals surface area contributed by atoms with E-state index in [1.54, 1.807) is 7.11 Å². The maximum Gasteiger partial charge on any atom is 0.135 e. The summed E-state index contributed by atoms with van der Waals surface area (Å²) in [5.41, 5.74) is 2.04. The first-order valence-corrected chi connectivity index (χ1v) is 7.86. The molecule has 1 aromatic carbocycles. The third-order valence-electron chi connectivity index (χ3n) is 3.60. The molecule has 110 valence electrons. The van der Waals surface area contributed by atoms with Gasteiger partial charge in [0.05, 0.1) is 29.3 Å². The van der Waals surface area contributed by atoms with Crippen molar-refractivity contribution in [1.29, 1.82) is 0 Å². The molecular weight excluding hydrogens is 284 g/mol. The smallest absolute Gasteiger partial charge is 0.135 e. The van der Waals surface area contributed by atoms with Crippen molar-refractivity contribution in [3.63, 3.8) is 0 Å². The van der Waals surface area contributed by atoms with E-state index in [9.17, 15) is 5.11 Å². The molecule has 5 heteroatoms. The Hall–Kier alpha value is -1.85. The first kappa shape index (κ1) is 14.1. The molecule has 1 unspecified atom stereocenters. The lowest BCUT2D eigenvalue weighted by Gasteiger charge is -2.09. The Morgan fingerprint density at radius 1 is 1.33 bits per heavy atom. The Balaban J connectivity index is 1.95. The topological polar surface area (TPSA) is 47.3 Å². The number of benzene rings is 1. The highest BCUT2D eigenvalue weighted by molar-refractivity contribution is 7.10. The van der Waals surface area contributed by atoms with Crippen LogP contribution < -0.4 is 4.74 Å². The van der Waals surface area contributed by atoms with Gasteiger partial charge in [-0.1, -0.05) is 18.2 Å². The van der Waals surface area contributed by atoms with Crippen LogP contribution in [-0.2, 0) is 13.0 Å². The first-order valence-electron chi connectivity index (χ1n) is 6.98. The number of nitrogens with zero attached hydrogens (tertiary/aromatic N) is 2. The lowest BCUT2D eigenvalue weighted by Crippen LogP contribution is -2.03. The van der Waals surface area contributed by atoms with Crippen molar-refractivity contribution in [3.8, 4) is 5.75 Å². The molecule has 1 N–H and O–H groups in total. The van der Waals surface area contributed by atoms with Crippen molar-refractivity contribution in [2.24, 2.45) is 0 Å². The van der Waals surface area contributed by atoms with Crippen LogP contribution in [0.3, 0.4) is 0 Å². The lowest BCUT2D eigenvalue weighted by molar-refractivity contribution is 0.177. The third kappa shape index (κ3) is 2.54. The van der Waals surface area contributed by atoms with Crippen LogP contribution in [0, 0.1) is 0 Å². The van der Waals surface area contributed by atoms with Gasteiger partial charge in [-0.15, -0.1) is 11.3 Å². The second kappa shape index (κ2) is 5.87. The minimum Gasteiger partial charge on any atom is -0.495 e. The molecule has 0 aliphatic rings. The molecule has 3 aromatic rings. The summed E-state index contributed by atoms with van der Waals surface area (Å²) in [6, 6.07) is 10.0. The van der Waals surface area contributed by atoms with Gasteiger partial charge in [0.25, 0.3) is 0 Å². The molecule has 2 heterocycles. The van der Waals surface area contributed by atoms with E-state index in [1.165, 1.54) is 11.3 Å². The van der Waals surface area contributed by atoms with Gasteiger partial charge >= 0.3 is 0 Å². The first-order chi connectivity index (χ1) is 10.2. The fourth-order valence-electron chi connectivity index (χ4n) is 2.58.